The van der Waals surface area contributed by atoms with E-state index < -0.39 is 15.9 Å². The fourth-order valence-electron chi connectivity index (χ4n) is 2.31. The van der Waals surface area contributed by atoms with Gasteiger partial charge in [-0.1, -0.05) is 47.7 Å². The molecule has 0 atom stereocenters. The zero-order chi connectivity index (χ0) is 20.0. The molecule has 0 bridgehead atoms. The van der Waals surface area contributed by atoms with Crippen molar-refractivity contribution in [2.45, 2.75) is 4.90 Å². The van der Waals surface area contributed by atoms with Crippen LogP contribution in [0, 0.1) is 0 Å². The minimum Gasteiger partial charge on any atom is -0.383 e. The first-order chi connectivity index (χ1) is 13.5. The number of anilines is 1. The Morgan fingerprint density at radius 3 is 2.64 bits per heavy atom. The third-order valence-corrected chi connectivity index (χ3v) is 6.02. The van der Waals surface area contributed by atoms with Crippen molar-refractivity contribution in [2.75, 3.05) is 25.6 Å². The van der Waals surface area contributed by atoms with Crippen LogP contribution in [0.15, 0.2) is 59.5 Å². The third-order valence-electron chi connectivity index (χ3n) is 3.67. The van der Waals surface area contributed by atoms with E-state index in [1.807, 2.05) is 30.3 Å². The SMILES string of the molecule is COCCNS(=O)(=O)c1cccc(C(=O)Nc2nnc(-c3ccccc3)s2)c1. The van der Waals surface area contributed by atoms with E-state index in [1.165, 1.54) is 42.7 Å². The Labute approximate surface area is 166 Å². The lowest BCUT2D eigenvalue weighted by atomic mass is 10.2. The predicted octanol–water partition coefficient (Wildman–Crippen LogP) is 2.38. The number of ether oxygens (including phenoxy) is 1. The van der Waals surface area contributed by atoms with Crippen molar-refractivity contribution in [3.8, 4) is 10.6 Å². The number of amides is 1. The highest BCUT2D eigenvalue weighted by atomic mass is 32.2. The Morgan fingerprint density at radius 1 is 1.11 bits per heavy atom. The van der Waals surface area contributed by atoms with Crippen LogP contribution in [-0.4, -0.2) is 44.8 Å². The van der Waals surface area contributed by atoms with Crippen molar-refractivity contribution in [3.05, 3.63) is 60.2 Å². The van der Waals surface area contributed by atoms with Gasteiger partial charge in [-0.25, -0.2) is 13.1 Å². The molecule has 3 aromatic rings. The topological polar surface area (TPSA) is 110 Å². The zero-order valence-corrected chi connectivity index (χ0v) is 16.6. The molecule has 10 heteroatoms. The van der Waals surface area contributed by atoms with Crippen LogP contribution >= 0.6 is 11.3 Å². The summed E-state index contributed by atoms with van der Waals surface area (Å²) >= 11 is 1.23. The van der Waals surface area contributed by atoms with E-state index in [9.17, 15) is 13.2 Å². The molecule has 0 aliphatic carbocycles. The highest BCUT2D eigenvalue weighted by molar-refractivity contribution is 7.89. The van der Waals surface area contributed by atoms with E-state index in [1.54, 1.807) is 0 Å². The third kappa shape index (κ3) is 4.98. The summed E-state index contributed by atoms with van der Waals surface area (Å²) in [5.41, 5.74) is 1.10. The maximum atomic E-state index is 12.5. The normalized spacial score (nSPS) is 11.3. The van der Waals surface area contributed by atoms with E-state index in [4.69, 9.17) is 4.74 Å². The number of aromatic nitrogens is 2. The van der Waals surface area contributed by atoms with Crippen LogP contribution in [-0.2, 0) is 14.8 Å². The van der Waals surface area contributed by atoms with Crippen LogP contribution in [0.2, 0.25) is 0 Å². The van der Waals surface area contributed by atoms with Crippen LogP contribution in [0.5, 0.6) is 0 Å². The van der Waals surface area contributed by atoms with Gasteiger partial charge in [0.25, 0.3) is 5.91 Å². The Balaban J connectivity index is 1.72. The molecule has 2 aromatic carbocycles. The molecule has 146 valence electrons. The Hall–Kier alpha value is -2.66. The highest BCUT2D eigenvalue weighted by Crippen LogP contribution is 2.26. The molecule has 0 spiro atoms. The van der Waals surface area contributed by atoms with E-state index in [-0.39, 0.29) is 23.6 Å². The fraction of sp³-hybridized carbons (Fsp3) is 0.167. The second kappa shape index (κ2) is 9.02. The van der Waals surface area contributed by atoms with Gasteiger partial charge in [0.2, 0.25) is 15.2 Å². The van der Waals surface area contributed by atoms with Gasteiger partial charge < -0.3 is 4.74 Å². The van der Waals surface area contributed by atoms with Gasteiger partial charge >= 0.3 is 0 Å². The molecule has 2 N–H and O–H groups in total. The summed E-state index contributed by atoms with van der Waals surface area (Å²) in [7, 11) is -2.25. The Morgan fingerprint density at radius 2 is 1.89 bits per heavy atom. The van der Waals surface area contributed by atoms with Gasteiger partial charge in [0, 0.05) is 24.8 Å². The standard InChI is InChI=1S/C18H18N4O4S2/c1-26-11-10-19-28(24,25)15-9-5-8-14(12-15)16(23)20-18-22-21-17(27-18)13-6-3-2-4-7-13/h2-9,12,19H,10-11H2,1H3,(H,20,22,23). The molecule has 0 unspecified atom stereocenters. The molecule has 28 heavy (non-hydrogen) atoms. The van der Waals surface area contributed by atoms with Crippen molar-refractivity contribution >= 4 is 32.4 Å². The molecule has 0 saturated carbocycles. The molecule has 0 saturated heterocycles. The molecule has 1 aromatic heterocycles. The number of nitrogens with one attached hydrogen (secondary N) is 2. The number of nitrogens with zero attached hydrogens (tertiary/aromatic N) is 2. The van der Waals surface area contributed by atoms with Crippen LogP contribution in [0.25, 0.3) is 10.6 Å². The zero-order valence-electron chi connectivity index (χ0n) is 15.0. The van der Waals surface area contributed by atoms with Crippen molar-refractivity contribution in [1.29, 1.82) is 0 Å². The first-order valence-corrected chi connectivity index (χ1v) is 10.6. The lowest BCUT2D eigenvalue weighted by Gasteiger charge is -2.08. The van der Waals surface area contributed by atoms with E-state index in [0.717, 1.165) is 5.56 Å². The van der Waals surface area contributed by atoms with Gasteiger partial charge in [0.15, 0.2) is 0 Å². The smallest absolute Gasteiger partial charge is 0.257 e. The molecule has 8 nitrogen and oxygen atoms in total. The summed E-state index contributed by atoms with van der Waals surface area (Å²) in [6.45, 7) is 0.391. The fourth-order valence-corrected chi connectivity index (χ4v) is 4.11. The van der Waals surface area contributed by atoms with Gasteiger partial charge in [-0.05, 0) is 18.2 Å². The van der Waals surface area contributed by atoms with E-state index >= 15 is 0 Å². The highest BCUT2D eigenvalue weighted by Gasteiger charge is 2.17. The van der Waals surface area contributed by atoms with Crippen LogP contribution < -0.4 is 10.0 Å². The first kappa shape index (κ1) is 20.1. The summed E-state index contributed by atoms with van der Waals surface area (Å²) in [6.07, 6.45) is 0. The summed E-state index contributed by atoms with van der Waals surface area (Å²) in [4.78, 5) is 12.5. The summed E-state index contributed by atoms with van der Waals surface area (Å²) < 4.78 is 31.8. The molecule has 3 rings (SSSR count). The number of sulfonamides is 1. The minimum absolute atomic E-state index is 0.00140. The molecule has 0 aliphatic heterocycles. The van der Waals surface area contributed by atoms with Gasteiger partial charge in [-0.2, -0.15) is 0 Å². The minimum atomic E-state index is -3.73. The number of rotatable bonds is 8. The van der Waals surface area contributed by atoms with Gasteiger partial charge in [0.05, 0.1) is 11.5 Å². The summed E-state index contributed by atoms with van der Waals surface area (Å²) in [5.74, 6) is -0.468. The number of hydrogen-bond donors (Lipinski definition) is 2. The van der Waals surface area contributed by atoms with Crippen molar-refractivity contribution in [3.63, 3.8) is 0 Å². The first-order valence-electron chi connectivity index (χ1n) is 8.28. The molecule has 0 aliphatic rings. The summed E-state index contributed by atoms with van der Waals surface area (Å²) in [6, 6.07) is 15.3. The number of carbonyl (C=O) groups excluding carboxylic acids is 1. The van der Waals surface area contributed by atoms with Gasteiger partial charge in [-0.3, -0.25) is 10.1 Å². The van der Waals surface area contributed by atoms with Crippen molar-refractivity contribution in [2.24, 2.45) is 0 Å². The van der Waals surface area contributed by atoms with Crippen LogP contribution in [0.4, 0.5) is 5.13 Å². The Bertz CT molecular complexity index is 1050. The number of benzene rings is 2. The summed E-state index contributed by atoms with van der Waals surface area (Å²) in [5, 5.41) is 11.7. The van der Waals surface area contributed by atoms with Crippen molar-refractivity contribution in [1.82, 2.24) is 14.9 Å². The van der Waals surface area contributed by atoms with E-state index in [0.29, 0.717) is 10.1 Å². The number of methoxy groups -OCH3 is 1. The monoisotopic (exact) mass is 418 g/mol. The van der Waals surface area contributed by atoms with Crippen LogP contribution in [0.1, 0.15) is 10.4 Å². The van der Waals surface area contributed by atoms with Gasteiger partial charge in [-0.15, -0.1) is 10.2 Å². The quantitative estimate of drug-likeness (QED) is 0.544. The molecule has 0 fully saturated rings. The number of hydrogen-bond acceptors (Lipinski definition) is 7. The average molecular weight is 419 g/mol. The lowest BCUT2D eigenvalue weighted by Crippen LogP contribution is -2.27. The molecular formula is C18H18N4O4S2. The predicted molar refractivity (Wildman–Crippen MR) is 107 cm³/mol. The molecule has 1 amide bonds. The maximum Gasteiger partial charge on any atom is 0.257 e. The maximum absolute atomic E-state index is 12.5. The van der Waals surface area contributed by atoms with Gasteiger partial charge in [0.1, 0.15) is 5.01 Å². The Kier molecular flexibility index (Phi) is 6.47. The van der Waals surface area contributed by atoms with Crippen molar-refractivity contribution < 1.29 is 17.9 Å². The molecular weight excluding hydrogens is 400 g/mol. The van der Waals surface area contributed by atoms with Crippen LogP contribution in [0.3, 0.4) is 0 Å². The second-order valence-corrected chi connectivity index (χ2v) is 8.40. The molecule has 0 radical (unpaired) electrons. The molecule has 1 heterocycles. The number of carbonyl (C=O) groups is 1. The largest absolute Gasteiger partial charge is 0.383 e. The van der Waals surface area contributed by atoms with E-state index in [2.05, 4.69) is 20.2 Å². The average Bonchev–Trinajstić information content (AvgIpc) is 3.17. The lowest BCUT2D eigenvalue weighted by molar-refractivity contribution is 0.102. The second-order valence-electron chi connectivity index (χ2n) is 5.65.